The highest BCUT2D eigenvalue weighted by Gasteiger charge is 2.22. The number of hydrogen-bond acceptors (Lipinski definition) is 5. The number of carbonyl (C=O) groups is 3. The summed E-state index contributed by atoms with van der Waals surface area (Å²) in [5.41, 5.74) is 1.10. The summed E-state index contributed by atoms with van der Waals surface area (Å²) in [5.74, 6) is -0.526. The Kier molecular flexibility index (Phi) is 6.03. The molecule has 0 saturated carbocycles. The lowest BCUT2D eigenvalue weighted by molar-refractivity contribution is 0.0601. The molecule has 2 amide bonds. The first kappa shape index (κ1) is 19.5. The summed E-state index contributed by atoms with van der Waals surface area (Å²) in [6.07, 6.45) is 3.41. The third-order valence-electron chi connectivity index (χ3n) is 4.89. The van der Waals surface area contributed by atoms with Crippen molar-refractivity contribution in [2.45, 2.75) is 19.8 Å². The number of ether oxygens (including phenoxy) is 1. The molecule has 1 N–H and O–H groups in total. The molecule has 3 rings (SSSR count). The molecule has 1 aromatic heterocycles. The number of hydrogen-bond donors (Lipinski definition) is 1. The second kappa shape index (κ2) is 8.65. The van der Waals surface area contributed by atoms with Crippen molar-refractivity contribution in [1.82, 2.24) is 9.88 Å². The van der Waals surface area contributed by atoms with E-state index >= 15 is 0 Å². The molecule has 7 nitrogen and oxygen atoms in total. The van der Waals surface area contributed by atoms with Gasteiger partial charge in [0, 0.05) is 24.8 Å². The molecule has 0 atom stereocenters. The zero-order valence-electron chi connectivity index (χ0n) is 16.0. The Morgan fingerprint density at radius 3 is 2.57 bits per heavy atom. The van der Waals surface area contributed by atoms with Gasteiger partial charge in [0.05, 0.1) is 18.4 Å². The molecular weight excluding hydrogens is 358 g/mol. The summed E-state index contributed by atoms with van der Waals surface area (Å²) < 4.78 is 4.73. The standard InChI is InChI=1S/C21H23N3O4/c1-14-8-11-24(12-9-14)20(26)15-7-10-22-18(13-15)19(25)23-17-6-4-3-5-16(17)21(27)28-2/h3-7,10,13-14H,8-9,11-12H2,1-2H3,(H,23,25). The van der Waals surface area contributed by atoms with Crippen molar-refractivity contribution in [3.8, 4) is 0 Å². The monoisotopic (exact) mass is 381 g/mol. The Balaban J connectivity index is 1.76. The van der Waals surface area contributed by atoms with Crippen LogP contribution in [0.2, 0.25) is 0 Å². The highest BCUT2D eigenvalue weighted by atomic mass is 16.5. The number of para-hydroxylation sites is 1. The van der Waals surface area contributed by atoms with Crippen LogP contribution >= 0.6 is 0 Å². The Bertz CT molecular complexity index is 889. The van der Waals surface area contributed by atoms with Crippen LogP contribution in [0.25, 0.3) is 0 Å². The molecule has 28 heavy (non-hydrogen) atoms. The zero-order chi connectivity index (χ0) is 20.1. The van der Waals surface area contributed by atoms with Crippen molar-refractivity contribution in [1.29, 1.82) is 0 Å². The maximum atomic E-state index is 12.7. The van der Waals surface area contributed by atoms with Gasteiger partial charge in [0.2, 0.25) is 0 Å². The van der Waals surface area contributed by atoms with E-state index < -0.39 is 11.9 Å². The van der Waals surface area contributed by atoms with Gasteiger partial charge in [-0.05, 0) is 43.0 Å². The van der Waals surface area contributed by atoms with Crippen molar-refractivity contribution >= 4 is 23.5 Å². The lowest BCUT2D eigenvalue weighted by Crippen LogP contribution is -2.38. The van der Waals surface area contributed by atoms with E-state index in [9.17, 15) is 14.4 Å². The quantitative estimate of drug-likeness (QED) is 0.823. The van der Waals surface area contributed by atoms with Gasteiger partial charge in [-0.15, -0.1) is 0 Å². The summed E-state index contributed by atoms with van der Waals surface area (Å²) in [7, 11) is 1.28. The molecule has 0 radical (unpaired) electrons. The van der Waals surface area contributed by atoms with Crippen molar-refractivity contribution in [2.24, 2.45) is 5.92 Å². The first-order valence-electron chi connectivity index (χ1n) is 9.23. The maximum absolute atomic E-state index is 12.7. The van der Waals surface area contributed by atoms with E-state index in [4.69, 9.17) is 4.74 Å². The van der Waals surface area contributed by atoms with Gasteiger partial charge in [-0.2, -0.15) is 0 Å². The van der Waals surface area contributed by atoms with Crippen molar-refractivity contribution in [2.75, 3.05) is 25.5 Å². The maximum Gasteiger partial charge on any atom is 0.339 e. The van der Waals surface area contributed by atoms with E-state index in [-0.39, 0.29) is 17.2 Å². The zero-order valence-corrected chi connectivity index (χ0v) is 16.0. The number of esters is 1. The fourth-order valence-electron chi connectivity index (χ4n) is 3.15. The molecule has 0 aliphatic carbocycles. The minimum atomic E-state index is -0.549. The minimum absolute atomic E-state index is 0.0988. The first-order chi connectivity index (χ1) is 13.5. The number of aromatic nitrogens is 1. The summed E-state index contributed by atoms with van der Waals surface area (Å²) >= 11 is 0. The van der Waals surface area contributed by atoms with Crippen LogP contribution in [0, 0.1) is 5.92 Å². The molecule has 1 aromatic carbocycles. The number of methoxy groups -OCH3 is 1. The molecule has 7 heteroatoms. The van der Waals surface area contributed by atoms with E-state index in [0.29, 0.717) is 17.2 Å². The van der Waals surface area contributed by atoms with Crippen LogP contribution in [0.1, 0.15) is 51.0 Å². The molecule has 1 aliphatic rings. The van der Waals surface area contributed by atoms with Crippen molar-refractivity contribution in [3.63, 3.8) is 0 Å². The average Bonchev–Trinajstić information content (AvgIpc) is 2.73. The Hall–Kier alpha value is -3.22. The number of pyridine rings is 1. The van der Waals surface area contributed by atoms with Gasteiger partial charge in [-0.3, -0.25) is 14.6 Å². The second-order valence-electron chi connectivity index (χ2n) is 6.90. The van der Waals surface area contributed by atoms with Gasteiger partial charge >= 0.3 is 5.97 Å². The number of benzene rings is 1. The Labute approximate surface area is 163 Å². The van der Waals surface area contributed by atoms with E-state index in [1.54, 1.807) is 30.3 Å². The van der Waals surface area contributed by atoms with Crippen LogP contribution in [-0.4, -0.2) is 47.9 Å². The molecule has 146 valence electrons. The molecule has 0 bridgehead atoms. The highest BCUT2D eigenvalue weighted by molar-refractivity contribution is 6.08. The van der Waals surface area contributed by atoms with Gasteiger partial charge in [-0.1, -0.05) is 19.1 Å². The molecule has 0 unspecified atom stereocenters. The van der Waals surface area contributed by atoms with E-state index in [1.807, 2.05) is 4.90 Å². The SMILES string of the molecule is COC(=O)c1ccccc1NC(=O)c1cc(C(=O)N2CCC(C)CC2)ccn1. The van der Waals surface area contributed by atoms with Crippen LogP contribution in [0.4, 0.5) is 5.69 Å². The van der Waals surface area contributed by atoms with Crippen LogP contribution in [0.3, 0.4) is 0 Å². The van der Waals surface area contributed by atoms with E-state index in [1.165, 1.54) is 19.4 Å². The van der Waals surface area contributed by atoms with Crippen LogP contribution in [0.5, 0.6) is 0 Å². The summed E-state index contributed by atoms with van der Waals surface area (Å²) in [6, 6.07) is 9.64. The van der Waals surface area contributed by atoms with E-state index in [0.717, 1.165) is 25.9 Å². The largest absolute Gasteiger partial charge is 0.465 e. The van der Waals surface area contributed by atoms with Crippen molar-refractivity contribution in [3.05, 3.63) is 59.4 Å². The van der Waals surface area contributed by atoms with Crippen LogP contribution in [-0.2, 0) is 4.74 Å². The lowest BCUT2D eigenvalue weighted by Gasteiger charge is -2.30. The summed E-state index contributed by atoms with van der Waals surface area (Å²) in [6.45, 7) is 3.62. The molecule has 0 spiro atoms. The number of rotatable bonds is 4. The van der Waals surface area contributed by atoms with E-state index in [2.05, 4.69) is 17.2 Å². The Morgan fingerprint density at radius 1 is 1.14 bits per heavy atom. The number of nitrogens with zero attached hydrogens (tertiary/aromatic N) is 2. The first-order valence-corrected chi connectivity index (χ1v) is 9.23. The highest BCUT2D eigenvalue weighted by Crippen LogP contribution is 2.19. The number of likely N-dealkylation sites (tertiary alicyclic amines) is 1. The minimum Gasteiger partial charge on any atom is -0.465 e. The van der Waals surface area contributed by atoms with Gasteiger partial charge in [0.1, 0.15) is 5.69 Å². The van der Waals surface area contributed by atoms with Crippen molar-refractivity contribution < 1.29 is 19.1 Å². The normalized spacial score (nSPS) is 14.4. The van der Waals surface area contributed by atoms with Crippen LogP contribution in [0.15, 0.2) is 42.6 Å². The fourth-order valence-corrected chi connectivity index (χ4v) is 3.15. The second-order valence-corrected chi connectivity index (χ2v) is 6.90. The fraction of sp³-hybridized carbons (Fsp3) is 0.333. The molecule has 1 aliphatic heterocycles. The molecule has 1 fully saturated rings. The summed E-state index contributed by atoms with van der Waals surface area (Å²) in [4.78, 5) is 43.1. The number of anilines is 1. The number of amides is 2. The number of nitrogens with one attached hydrogen (secondary N) is 1. The number of carbonyl (C=O) groups excluding carboxylic acids is 3. The third kappa shape index (κ3) is 4.36. The molecule has 2 heterocycles. The summed E-state index contributed by atoms with van der Waals surface area (Å²) in [5, 5.41) is 2.67. The average molecular weight is 381 g/mol. The smallest absolute Gasteiger partial charge is 0.339 e. The predicted molar refractivity (Wildman–Crippen MR) is 104 cm³/mol. The number of piperidine rings is 1. The van der Waals surface area contributed by atoms with Gasteiger partial charge in [-0.25, -0.2) is 4.79 Å². The van der Waals surface area contributed by atoms with Gasteiger partial charge in [0.15, 0.2) is 0 Å². The lowest BCUT2D eigenvalue weighted by atomic mass is 9.98. The predicted octanol–water partition coefficient (Wildman–Crippen LogP) is 2.99. The molecular formula is C21H23N3O4. The Morgan fingerprint density at radius 2 is 1.86 bits per heavy atom. The molecule has 2 aromatic rings. The van der Waals surface area contributed by atoms with Crippen LogP contribution < -0.4 is 5.32 Å². The topological polar surface area (TPSA) is 88.6 Å². The molecule has 1 saturated heterocycles. The van der Waals surface area contributed by atoms with Gasteiger partial charge in [0.25, 0.3) is 11.8 Å². The van der Waals surface area contributed by atoms with Gasteiger partial charge < -0.3 is 15.0 Å². The third-order valence-corrected chi connectivity index (χ3v) is 4.89.